The Balaban J connectivity index is 2.36. The van der Waals surface area contributed by atoms with Gasteiger partial charge in [0.25, 0.3) is 0 Å². The van der Waals surface area contributed by atoms with Gasteiger partial charge in [-0.15, -0.1) is 0 Å². The molecule has 0 atom stereocenters. The van der Waals surface area contributed by atoms with Crippen molar-refractivity contribution in [1.29, 1.82) is 5.26 Å². The van der Waals surface area contributed by atoms with Gasteiger partial charge < -0.3 is 9.84 Å². The Morgan fingerprint density at radius 1 is 1.30 bits per heavy atom. The number of aromatic carboxylic acids is 1. The smallest absolute Gasteiger partial charge is 0.335 e. The highest BCUT2D eigenvalue weighted by Crippen LogP contribution is 2.29. The summed E-state index contributed by atoms with van der Waals surface area (Å²) in [5, 5.41) is 18.0. The average Bonchev–Trinajstić information content (AvgIpc) is 2.38. The van der Waals surface area contributed by atoms with Crippen LogP contribution in [0.3, 0.4) is 0 Å². The summed E-state index contributed by atoms with van der Waals surface area (Å²) in [6.07, 6.45) is 0. The number of nitriles is 1. The lowest BCUT2D eigenvalue weighted by atomic mass is 10.1. The summed E-state index contributed by atoms with van der Waals surface area (Å²) in [7, 11) is 0. The molecule has 4 nitrogen and oxygen atoms in total. The molecule has 0 aliphatic carbocycles. The summed E-state index contributed by atoms with van der Waals surface area (Å²) in [4.78, 5) is 10.9. The van der Waals surface area contributed by atoms with Crippen LogP contribution in [0, 0.1) is 18.3 Å². The third kappa shape index (κ3) is 2.98. The van der Waals surface area contributed by atoms with Gasteiger partial charge in [-0.2, -0.15) is 5.26 Å². The van der Waals surface area contributed by atoms with Crippen molar-refractivity contribution in [2.24, 2.45) is 0 Å². The number of hydrogen-bond acceptors (Lipinski definition) is 3. The first-order valence-electron chi connectivity index (χ1n) is 5.72. The van der Waals surface area contributed by atoms with Crippen LogP contribution in [-0.4, -0.2) is 11.1 Å². The molecule has 0 aliphatic heterocycles. The predicted molar refractivity (Wildman–Crippen MR) is 77.1 cm³/mol. The van der Waals surface area contributed by atoms with Crippen LogP contribution in [0.5, 0.6) is 11.5 Å². The van der Waals surface area contributed by atoms with Gasteiger partial charge in [0.05, 0.1) is 11.1 Å². The van der Waals surface area contributed by atoms with E-state index in [0.29, 0.717) is 22.6 Å². The monoisotopic (exact) mass is 331 g/mol. The third-order valence-corrected chi connectivity index (χ3v) is 3.21. The lowest BCUT2D eigenvalue weighted by Crippen LogP contribution is -1.99. The maximum Gasteiger partial charge on any atom is 0.335 e. The first kappa shape index (κ1) is 14.1. The van der Waals surface area contributed by atoms with E-state index in [9.17, 15) is 4.79 Å². The van der Waals surface area contributed by atoms with Crippen LogP contribution >= 0.6 is 15.9 Å². The Hall–Kier alpha value is -2.32. The Morgan fingerprint density at radius 3 is 2.65 bits per heavy atom. The Morgan fingerprint density at radius 2 is 2.05 bits per heavy atom. The van der Waals surface area contributed by atoms with Gasteiger partial charge in [0.1, 0.15) is 17.6 Å². The Kier molecular flexibility index (Phi) is 4.06. The molecule has 0 unspecified atom stereocenters. The molecule has 2 rings (SSSR count). The highest BCUT2D eigenvalue weighted by atomic mass is 79.9. The van der Waals surface area contributed by atoms with E-state index in [2.05, 4.69) is 15.9 Å². The molecule has 0 fully saturated rings. The molecule has 0 radical (unpaired) electrons. The molecule has 0 saturated heterocycles. The van der Waals surface area contributed by atoms with Gasteiger partial charge in [-0.25, -0.2) is 4.79 Å². The van der Waals surface area contributed by atoms with Crippen LogP contribution < -0.4 is 4.74 Å². The normalized spacial score (nSPS) is 9.85. The summed E-state index contributed by atoms with van der Waals surface area (Å²) >= 11 is 3.32. The van der Waals surface area contributed by atoms with Crippen LogP contribution in [0.2, 0.25) is 0 Å². The second kappa shape index (κ2) is 5.76. The maximum absolute atomic E-state index is 10.9. The number of rotatable bonds is 3. The van der Waals surface area contributed by atoms with E-state index in [1.165, 1.54) is 6.07 Å². The van der Waals surface area contributed by atoms with Gasteiger partial charge in [-0.3, -0.25) is 0 Å². The van der Waals surface area contributed by atoms with E-state index in [0.717, 1.165) is 4.47 Å². The van der Waals surface area contributed by atoms with Gasteiger partial charge in [-0.05, 0) is 48.9 Å². The topological polar surface area (TPSA) is 70.3 Å². The zero-order valence-corrected chi connectivity index (χ0v) is 12.1. The summed E-state index contributed by atoms with van der Waals surface area (Å²) in [5.41, 5.74) is 1.24. The molecule has 2 aromatic rings. The minimum atomic E-state index is -0.978. The van der Waals surface area contributed by atoms with Gasteiger partial charge >= 0.3 is 5.97 Å². The number of nitrogens with zero attached hydrogens (tertiary/aromatic N) is 1. The van der Waals surface area contributed by atoms with Crippen molar-refractivity contribution in [3.8, 4) is 17.6 Å². The van der Waals surface area contributed by atoms with Crippen molar-refractivity contribution < 1.29 is 14.6 Å². The van der Waals surface area contributed by atoms with Crippen LogP contribution in [0.4, 0.5) is 0 Å². The predicted octanol–water partition coefficient (Wildman–Crippen LogP) is 4.12. The molecule has 0 aliphatic rings. The highest BCUT2D eigenvalue weighted by molar-refractivity contribution is 9.10. The van der Waals surface area contributed by atoms with E-state index in [1.807, 2.05) is 6.07 Å². The lowest BCUT2D eigenvalue weighted by Gasteiger charge is -2.09. The quantitative estimate of drug-likeness (QED) is 0.918. The number of carbonyl (C=O) groups is 1. The highest BCUT2D eigenvalue weighted by Gasteiger charge is 2.10. The van der Waals surface area contributed by atoms with Gasteiger partial charge in [0.15, 0.2) is 0 Å². The molecule has 20 heavy (non-hydrogen) atoms. The standard InChI is InChI=1S/C15H10BrNO3/c1-9-6-12(4-5-13(9)15(18)19)20-14-7-11(16)3-2-10(14)8-17/h2-7H,1H3,(H,18,19). The van der Waals surface area contributed by atoms with E-state index in [1.54, 1.807) is 37.3 Å². The number of carboxylic acid groups (broad SMARTS) is 1. The average molecular weight is 332 g/mol. The first-order chi connectivity index (χ1) is 9.51. The molecule has 100 valence electrons. The summed E-state index contributed by atoms with van der Waals surface area (Å²) < 4.78 is 6.45. The van der Waals surface area contributed by atoms with E-state index in [-0.39, 0.29) is 5.56 Å². The van der Waals surface area contributed by atoms with E-state index in [4.69, 9.17) is 15.1 Å². The van der Waals surface area contributed by atoms with E-state index < -0.39 is 5.97 Å². The number of halogens is 1. The number of carboxylic acids is 1. The SMILES string of the molecule is Cc1cc(Oc2cc(Br)ccc2C#N)ccc1C(=O)O. The van der Waals surface area contributed by atoms with Crippen molar-refractivity contribution in [3.63, 3.8) is 0 Å². The molecule has 0 spiro atoms. The third-order valence-electron chi connectivity index (χ3n) is 2.72. The molecule has 0 bridgehead atoms. The van der Waals surface area contributed by atoms with Crippen molar-refractivity contribution in [1.82, 2.24) is 0 Å². The summed E-state index contributed by atoms with van der Waals surface area (Å²) in [6.45, 7) is 1.70. The van der Waals surface area contributed by atoms with Crippen molar-refractivity contribution in [2.45, 2.75) is 6.92 Å². The molecule has 0 heterocycles. The molecule has 1 N–H and O–H groups in total. The Bertz CT molecular complexity index is 720. The molecule has 0 aromatic heterocycles. The number of hydrogen-bond donors (Lipinski definition) is 1. The fraction of sp³-hybridized carbons (Fsp3) is 0.0667. The molecular formula is C15H10BrNO3. The largest absolute Gasteiger partial charge is 0.478 e. The number of benzene rings is 2. The van der Waals surface area contributed by atoms with Gasteiger partial charge in [0, 0.05) is 4.47 Å². The minimum Gasteiger partial charge on any atom is -0.478 e. The van der Waals surface area contributed by atoms with Crippen LogP contribution in [0.15, 0.2) is 40.9 Å². The summed E-state index contributed by atoms with van der Waals surface area (Å²) in [5.74, 6) is -0.0688. The maximum atomic E-state index is 10.9. The van der Waals surface area contributed by atoms with Crippen LogP contribution in [0.1, 0.15) is 21.5 Å². The van der Waals surface area contributed by atoms with E-state index >= 15 is 0 Å². The molecule has 0 amide bonds. The van der Waals surface area contributed by atoms with Crippen LogP contribution in [-0.2, 0) is 0 Å². The lowest BCUT2D eigenvalue weighted by molar-refractivity contribution is 0.0696. The molecule has 0 saturated carbocycles. The second-order valence-electron chi connectivity index (χ2n) is 4.14. The van der Waals surface area contributed by atoms with Crippen molar-refractivity contribution in [2.75, 3.05) is 0 Å². The van der Waals surface area contributed by atoms with Gasteiger partial charge in [0.2, 0.25) is 0 Å². The Labute approximate surface area is 124 Å². The molecule has 5 heteroatoms. The zero-order chi connectivity index (χ0) is 14.7. The van der Waals surface area contributed by atoms with Gasteiger partial charge in [-0.1, -0.05) is 15.9 Å². The fourth-order valence-corrected chi connectivity index (χ4v) is 2.08. The van der Waals surface area contributed by atoms with Crippen LogP contribution in [0.25, 0.3) is 0 Å². The number of ether oxygens (including phenoxy) is 1. The zero-order valence-electron chi connectivity index (χ0n) is 10.6. The fourth-order valence-electron chi connectivity index (χ4n) is 1.74. The van der Waals surface area contributed by atoms with Crippen molar-refractivity contribution in [3.05, 3.63) is 57.6 Å². The number of aryl methyl sites for hydroxylation is 1. The summed E-state index contributed by atoms with van der Waals surface area (Å²) in [6, 6.07) is 11.8. The first-order valence-corrected chi connectivity index (χ1v) is 6.52. The molecule has 2 aromatic carbocycles. The molecular weight excluding hydrogens is 322 g/mol. The minimum absolute atomic E-state index is 0.229. The second-order valence-corrected chi connectivity index (χ2v) is 5.05. The van der Waals surface area contributed by atoms with Crippen molar-refractivity contribution >= 4 is 21.9 Å².